The number of carbonyl (C=O) groups excluding carboxylic acids is 1. The zero-order valence-corrected chi connectivity index (χ0v) is 12.7. The summed E-state index contributed by atoms with van der Waals surface area (Å²) in [5, 5.41) is 3.14. The molecule has 1 aliphatic carbocycles. The molecule has 110 valence electrons. The summed E-state index contributed by atoms with van der Waals surface area (Å²) < 4.78 is 5.52. The first kappa shape index (κ1) is 14.9. The molecule has 2 rings (SSSR count). The molecule has 0 aromatic heterocycles. The zero-order valence-electron chi connectivity index (χ0n) is 12.7. The topological polar surface area (TPSA) is 38.3 Å². The minimum atomic E-state index is -0.0174. The lowest BCUT2D eigenvalue weighted by Gasteiger charge is -2.35. The van der Waals surface area contributed by atoms with Crippen molar-refractivity contribution in [2.24, 2.45) is 11.8 Å². The van der Waals surface area contributed by atoms with Crippen molar-refractivity contribution in [1.29, 1.82) is 0 Å². The molecule has 1 fully saturated rings. The van der Waals surface area contributed by atoms with Gasteiger partial charge < -0.3 is 10.1 Å². The normalized spacial score (nSPS) is 26.1. The van der Waals surface area contributed by atoms with Crippen molar-refractivity contribution < 1.29 is 9.53 Å². The molecule has 1 aromatic rings. The molecule has 0 bridgehead atoms. The van der Waals surface area contributed by atoms with E-state index in [2.05, 4.69) is 19.2 Å². The van der Waals surface area contributed by atoms with Gasteiger partial charge >= 0.3 is 0 Å². The van der Waals surface area contributed by atoms with Gasteiger partial charge in [-0.1, -0.05) is 38.0 Å². The molecule has 0 saturated heterocycles. The molecule has 1 amide bonds. The Hall–Kier alpha value is -1.51. The highest BCUT2D eigenvalue weighted by Crippen LogP contribution is 2.28. The van der Waals surface area contributed by atoms with Crippen LogP contribution in [0.2, 0.25) is 0 Å². The van der Waals surface area contributed by atoms with E-state index in [1.54, 1.807) is 0 Å². The predicted molar refractivity (Wildman–Crippen MR) is 80.8 cm³/mol. The lowest BCUT2D eigenvalue weighted by atomic mass is 9.79. The Bertz CT molecular complexity index is 431. The van der Waals surface area contributed by atoms with Crippen LogP contribution in [0.4, 0.5) is 0 Å². The molecule has 2 atom stereocenters. The summed E-state index contributed by atoms with van der Waals surface area (Å²) in [7, 11) is 0. The molecule has 1 aromatic carbocycles. The summed E-state index contributed by atoms with van der Waals surface area (Å²) >= 11 is 0. The Kier molecular flexibility index (Phi) is 5.05. The van der Waals surface area contributed by atoms with Crippen LogP contribution in [0.1, 0.15) is 38.7 Å². The maximum Gasteiger partial charge on any atom is 0.258 e. The number of hydrogen-bond donors (Lipinski definition) is 1. The number of carbonyl (C=O) groups is 1. The van der Waals surface area contributed by atoms with Crippen LogP contribution < -0.4 is 10.1 Å². The summed E-state index contributed by atoms with van der Waals surface area (Å²) in [4.78, 5) is 12.0. The second kappa shape index (κ2) is 6.78. The van der Waals surface area contributed by atoms with E-state index in [1.165, 1.54) is 24.8 Å². The van der Waals surface area contributed by atoms with Crippen LogP contribution in [0.15, 0.2) is 24.3 Å². The fourth-order valence-corrected chi connectivity index (χ4v) is 2.98. The van der Waals surface area contributed by atoms with Crippen molar-refractivity contribution in [3.63, 3.8) is 0 Å². The number of ether oxygens (including phenoxy) is 1. The highest BCUT2D eigenvalue weighted by Gasteiger charge is 2.28. The highest BCUT2D eigenvalue weighted by molar-refractivity contribution is 5.77. The molecule has 0 heterocycles. The van der Waals surface area contributed by atoms with E-state index < -0.39 is 0 Å². The third-order valence-corrected chi connectivity index (χ3v) is 4.26. The monoisotopic (exact) mass is 275 g/mol. The highest BCUT2D eigenvalue weighted by atomic mass is 16.5. The summed E-state index contributed by atoms with van der Waals surface area (Å²) in [5.41, 5.74) is 1.19. The van der Waals surface area contributed by atoms with Gasteiger partial charge in [0.15, 0.2) is 6.61 Å². The Balaban J connectivity index is 1.81. The fraction of sp³-hybridized carbons (Fsp3) is 0.588. The minimum absolute atomic E-state index is 0.0174. The first-order valence-corrected chi connectivity index (χ1v) is 7.55. The van der Waals surface area contributed by atoms with Crippen LogP contribution in [0.5, 0.6) is 5.75 Å². The van der Waals surface area contributed by atoms with Crippen molar-refractivity contribution in [3.8, 4) is 5.75 Å². The maximum absolute atomic E-state index is 12.0. The van der Waals surface area contributed by atoms with Gasteiger partial charge in [0.25, 0.3) is 5.91 Å². The first-order valence-electron chi connectivity index (χ1n) is 7.55. The van der Waals surface area contributed by atoms with E-state index in [1.807, 2.05) is 31.2 Å². The Morgan fingerprint density at radius 3 is 2.40 bits per heavy atom. The van der Waals surface area contributed by atoms with Crippen molar-refractivity contribution in [3.05, 3.63) is 29.8 Å². The van der Waals surface area contributed by atoms with Crippen LogP contribution in [0, 0.1) is 18.8 Å². The van der Waals surface area contributed by atoms with Gasteiger partial charge in [0.1, 0.15) is 5.75 Å². The van der Waals surface area contributed by atoms with Crippen LogP contribution >= 0.6 is 0 Å². The summed E-state index contributed by atoms with van der Waals surface area (Å²) in [6, 6.07) is 8.05. The van der Waals surface area contributed by atoms with E-state index in [9.17, 15) is 4.79 Å². The van der Waals surface area contributed by atoms with Crippen LogP contribution in [-0.4, -0.2) is 18.6 Å². The lowest BCUT2D eigenvalue weighted by Crippen LogP contribution is -2.47. The van der Waals surface area contributed by atoms with Gasteiger partial charge in [-0.15, -0.1) is 0 Å². The average Bonchev–Trinajstić information content (AvgIpc) is 2.42. The molecule has 0 spiro atoms. The molecule has 20 heavy (non-hydrogen) atoms. The molecular weight excluding hydrogens is 250 g/mol. The van der Waals surface area contributed by atoms with Gasteiger partial charge in [0.05, 0.1) is 0 Å². The molecule has 1 aliphatic rings. The molecular formula is C17H25NO2. The molecule has 3 nitrogen and oxygen atoms in total. The van der Waals surface area contributed by atoms with Crippen LogP contribution in [0.25, 0.3) is 0 Å². The van der Waals surface area contributed by atoms with E-state index >= 15 is 0 Å². The van der Waals surface area contributed by atoms with Gasteiger partial charge in [-0.25, -0.2) is 0 Å². The average molecular weight is 275 g/mol. The number of benzene rings is 1. The van der Waals surface area contributed by atoms with E-state index in [0.717, 1.165) is 5.75 Å². The van der Waals surface area contributed by atoms with Gasteiger partial charge in [0.2, 0.25) is 0 Å². The second-order valence-corrected chi connectivity index (χ2v) is 6.08. The Morgan fingerprint density at radius 1 is 1.20 bits per heavy atom. The van der Waals surface area contributed by atoms with Crippen molar-refractivity contribution in [2.45, 2.75) is 46.1 Å². The van der Waals surface area contributed by atoms with Crippen LogP contribution in [0.3, 0.4) is 0 Å². The summed E-state index contributed by atoms with van der Waals surface area (Å²) in [6.45, 7) is 6.57. The minimum Gasteiger partial charge on any atom is -0.484 e. The molecule has 1 N–H and O–H groups in total. The third-order valence-electron chi connectivity index (χ3n) is 4.26. The largest absolute Gasteiger partial charge is 0.484 e. The molecule has 3 heteroatoms. The number of rotatable bonds is 4. The number of nitrogens with one attached hydrogen (secondary N) is 1. The molecule has 0 aliphatic heterocycles. The summed E-state index contributed by atoms with van der Waals surface area (Å²) in [5.74, 6) is 1.84. The van der Waals surface area contributed by atoms with Crippen molar-refractivity contribution >= 4 is 5.91 Å². The molecule has 0 radical (unpaired) electrons. The number of hydrogen-bond acceptors (Lipinski definition) is 2. The van der Waals surface area contributed by atoms with Crippen molar-refractivity contribution in [1.82, 2.24) is 5.32 Å². The quantitative estimate of drug-likeness (QED) is 0.915. The van der Waals surface area contributed by atoms with Gasteiger partial charge in [-0.3, -0.25) is 4.79 Å². The lowest BCUT2D eigenvalue weighted by molar-refractivity contribution is -0.124. The SMILES string of the molecule is Cc1ccc(OCC(=O)NC2C(C)CCCC2C)cc1. The van der Waals surface area contributed by atoms with E-state index in [-0.39, 0.29) is 18.6 Å². The smallest absolute Gasteiger partial charge is 0.258 e. The Morgan fingerprint density at radius 2 is 1.80 bits per heavy atom. The first-order chi connectivity index (χ1) is 9.56. The van der Waals surface area contributed by atoms with Gasteiger partial charge in [-0.2, -0.15) is 0 Å². The molecule has 2 unspecified atom stereocenters. The fourth-order valence-electron chi connectivity index (χ4n) is 2.98. The number of amides is 1. The molecule has 1 saturated carbocycles. The van der Waals surface area contributed by atoms with Crippen molar-refractivity contribution in [2.75, 3.05) is 6.61 Å². The zero-order chi connectivity index (χ0) is 14.5. The predicted octanol–water partition coefficient (Wildman–Crippen LogP) is 3.31. The standard InChI is InChI=1S/C17H25NO2/c1-12-7-9-15(10-8-12)20-11-16(19)18-17-13(2)5-4-6-14(17)3/h7-10,13-14,17H,4-6,11H2,1-3H3,(H,18,19). The maximum atomic E-state index is 12.0. The Labute approximate surface area is 121 Å². The second-order valence-electron chi connectivity index (χ2n) is 6.08. The van der Waals surface area contributed by atoms with Gasteiger partial charge in [0, 0.05) is 6.04 Å². The third kappa shape index (κ3) is 3.99. The number of aryl methyl sites for hydroxylation is 1. The summed E-state index contributed by atoms with van der Waals surface area (Å²) in [6.07, 6.45) is 3.68. The van der Waals surface area contributed by atoms with E-state index in [0.29, 0.717) is 11.8 Å². The van der Waals surface area contributed by atoms with Crippen LogP contribution in [-0.2, 0) is 4.79 Å². The van der Waals surface area contributed by atoms with Gasteiger partial charge in [-0.05, 0) is 43.7 Å². The van der Waals surface area contributed by atoms with E-state index in [4.69, 9.17) is 4.74 Å².